The molecule has 0 aliphatic rings. The second-order valence-corrected chi connectivity index (χ2v) is 3.10. The van der Waals surface area contributed by atoms with Crippen molar-refractivity contribution in [2.24, 2.45) is 0 Å². The van der Waals surface area contributed by atoms with Crippen molar-refractivity contribution in [1.82, 2.24) is 4.98 Å². The molecule has 0 radical (unpaired) electrons. The molecule has 6 heteroatoms. The lowest BCUT2D eigenvalue weighted by atomic mass is 10.3. The molecule has 0 aromatic carbocycles. The number of hydrogen-bond acceptors (Lipinski definition) is 4. The first kappa shape index (κ1) is 8.92. The largest absolute Gasteiger partial charge is 0.490 e. The zero-order chi connectivity index (χ0) is 9.19. The van der Waals surface area contributed by atoms with Crippen LogP contribution in [0.1, 0.15) is 5.56 Å². The highest BCUT2D eigenvalue weighted by Crippen LogP contribution is 2.09. The number of aryl methyl sites for hydroxylation is 1. The summed E-state index contributed by atoms with van der Waals surface area (Å²) in [6.07, 6.45) is 1.38. The van der Waals surface area contributed by atoms with Crippen molar-refractivity contribution in [3.05, 3.63) is 23.9 Å². The van der Waals surface area contributed by atoms with Crippen molar-refractivity contribution in [3.8, 4) is 5.88 Å². The van der Waals surface area contributed by atoms with Gasteiger partial charge in [0.2, 0.25) is 5.88 Å². The first-order valence-corrected chi connectivity index (χ1v) is 4.35. The van der Waals surface area contributed by atoms with E-state index < -0.39 is 10.5 Å². The predicted molar refractivity (Wildman–Crippen MR) is 39.6 cm³/mol. The van der Waals surface area contributed by atoms with E-state index >= 15 is 0 Å². The smallest absolute Gasteiger partial charge is 0.338 e. The van der Waals surface area contributed by atoms with Gasteiger partial charge in [0.05, 0.1) is 0 Å². The van der Waals surface area contributed by atoms with Gasteiger partial charge >= 0.3 is 10.5 Å². The molecular weight excluding hydrogens is 185 g/mol. The van der Waals surface area contributed by atoms with Crippen molar-refractivity contribution in [2.75, 3.05) is 0 Å². The van der Waals surface area contributed by atoms with Gasteiger partial charge in [-0.05, 0) is 12.5 Å². The minimum atomic E-state index is -4.95. The van der Waals surface area contributed by atoms with Gasteiger partial charge in [-0.1, -0.05) is 9.95 Å². The molecule has 1 rings (SSSR count). The Morgan fingerprint density at radius 1 is 1.50 bits per heavy atom. The van der Waals surface area contributed by atoms with Crippen LogP contribution in [0.5, 0.6) is 5.88 Å². The average molecular weight is 191 g/mol. The molecular formula is C6H6FNO3S. The summed E-state index contributed by atoms with van der Waals surface area (Å²) < 4.78 is 35.6. The van der Waals surface area contributed by atoms with E-state index in [0.717, 1.165) is 5.56 Å². The van der Waals surface area contributed by atoms with Crippen LogP contribution in [0, 0.1) is 6.92 Å². The normalized spacial score (nSPS) is 11.2. The number of aromatic nitrogens is 1. The number of pyridine rings is 1. The van der Waals surface area contributed by atoms with Crippen LogP contribution < -0.4 is 4.18 Å². The number of halogens is 1. The molecule has 4 nitrogen and oxygen atoms in total. The Balaban J connectivity index is 2.85. The van der Waals surface area contributed by atoms with Crippen molar-refractivity contribution in [2.45, 2.75) is 6.92 Å². The molecule has 0 saturated heterocycles. The van der Waals surface area contributed by atoms with E-state index in [1.54, 1.807) is 13.0 Å². The van der Waals surface area contributed by atoms with Crippen molar-refractivity contribution in [1.29, 1.82) is 0 Å². The molecule has 0 aliphatic heterocycles. The zero-order valence-corrected chi connectivity index (χ0v) is 7.01. The van der Waals surface area contributed by atoms with Crippen LogP contribution in [0.25, 0.3) is 0 Å². The van der Waals surface area contributed by atoms with Crippen LogP contribution >= 0.6 is 0 Å². The van der Waals surface area contributed by atoms with Crippen LogP contribution in [0.15, 0.2) is 18.3 Å². The fraction of sp³-hybridized carbons (Fsp3) is 0.167. The topological polar surface area (TPSA) is 56.3 Å². The summed E-state index contributed by atoms with van der Waals surface area (Å²) in [7, 11) is -4.95. The third-order valence-corrected chi connectivity index (χ3v) is 1.44. The maximum absolute atomic E-state index is 11.9. The van der Waals surface area contributed by atoms with E-state index in [4.69, 9.17) is 0 Å². The van der Waals surface area contributed by atoms with Gasteiger partial charge in [-0.3, -0.25) is 0 Å². The molecule has 0 unspecified atom stereocenters. The molecule has 1 aromatic heterocycles. The Morgan fingerprint density at radius 3 is 2.58 bits per heavy atom. The van der Waals surface area contributed by atoms with E-state index in [-0.39, 0.29) is 5.88 Å². The first-order chi connectivity index (χ1) is 5.47. The molecule has 1 heterocycles. The molecule has 12 heavy (non-hydrogen) atoms. The fourth-order valence-corrected chi connectivity index (χ4v) is 0.908. The number of hydrogen-bond donors (Lipinski definition) is 0. The Labute approximate surface area is 69.4 Å². The van der Waals surface area contributed by atoms with Crippen molar-refractivity contribution < 1.29 is 16.5 Å². The van der Waals surface area contributed by atoms with Crippen molar-refractivity contribution in [3.63, 3.8) is 0 Å². The fourth-order valence-electron chi connectivity index (χ4n) is 0.606. The Kier molecular flexibility index (Phi) is 2.27. The van der Waals surface area contributed by atoms with Gasteiger partial charge in [0, 0.05) is 12.3 Å². The Hall–Kier alpha value is -1.17. The van der Waals surface area contributed by atoms with Gasteiger partial charge < -0.3 is 4.18 Å². The molecule has 0 amide bonds. The Morgan fingerprint density at radius 2 is 2.17 bits per heavy atom. The van der Waals surface area contributed by atoms with Gasteiger partial charge in [-0.25, -0.2) is 4.98 Å². The van der Waals surface area contributed by atoms with Gasteiger partial charge in [-0.2, -0.15) is 8.42 Å². The van der Waals surface area contributed by atoms with Gasteiger partial charge in [-0.15, -0.1) is 0 Å². The first-order valence-electron chi connectivity index (χ1n) is 3.04. The van der Waals surface area contributed by atoms with Crippen LogP contribution in [0.2, 0.25) is 0 Å². The van der Waals surface area contributed by atoms with Crippen LogP contribution in [0.3, 0.4) is 0 Å². The molecule has 0 bridgehead atoms. The standard InChI is InChI=1S/C6H6FNO3S/c1-5-2-3-6(8-4-5)11-12(7,9)10/h2-4H,1H3. The number of nitrogens with zero attached hydrogens (tertiary/aromatic N) is 1. The lowest BCUT2D eigenvalue weighted by Gasteiger charge is -1.97. The minimum Gasteiger partial charge on any atom is -0.338 e. The molecule has 0 aliphatic carbocycles. The summed E-state index contributed by atoms with van der Waals surface area (Å²) >= 11 is 0. The van der Waals surface area contributed by atoms with E-state index in [0.29, 0.717) is 0 Å². The lowest BCUT2D eigenvalue weighted by molar-refractivity contribution is 0.432. The highest BCUT2D eigenvalue weighted by molar-refractivity contribution is 7.81. The summed E-state index contributed by atoms with van der Waals surface area (Å²) in [5, 5.41) is 0. The van der Waals surface area contributed by atoms with Crippen LogP contribution in [-0.2, 0) is 10.5 Å². The summed E-state index contributed by atoms with van der Waals surface area (Å²) in [6, 6.07) is 2.83. The summed E-state index contributed by atoms with van der Waals surface area (Å²) in [5.74, 6) is -0.275. The third-order valence-electron chi connectivity index (χ3n) is 1.07. The van der Waals surface area contributed by atoms with Crippen LogP contribution in [0.4, 0.5) is 3.89 Å². The molecule has 66 valence electrons. The van der Waals surface area contributed by atoms with E-state index in [9.17, 15) is 12.3 Å². The lowest BCUT2D eigenvalue weighted by Crippen LogP contribution is -2.02. The SMILES string of the molecule is Cc1ccc(OS(=O)(=O)F)nc1. The molecule has 0 fully saturated rings. The second kappa shape index (κ2) is 3.06. The highest BCUT2D eigenvalue weighted by Gasteiger charge is 2.09. The second-order valence-electron chi connectivity index (χ2n) is 2.15. The average Bonchev–Trinajstić information content (AvgIpc) is 1.91. The maximum atomic E-state index is 11.9. The summed E-state index contributed by atoms with van der Waals surface area (Å²) in [4.78, 5) is 3.52. The van der Waals surface area contributed by atoms with E-state index in [1.165, 1.54) is 12.3 Å². The van der Waals surface area contributed by atoms with Crippen molar-refractivity contribution >= 4 is 10.5 Å². The van der Waals surface area contributed by atoms with E-state index in [2.05, 4.69) is 9.17 Å². The van der Waals surface area contributed by atoms with Gasteiger partial charge in [0.25, 0.3) is 0 Å². The monoisotopic (exact) mass is 191 g/mol. The number of rotatable bonds is 2. The summed E-state index contributed by atoms with van der Waals surface area (Å²) in [6.45, 7) is 1.76. The minimum absolute atomic E-state index is 0.275. The van der Waals surface area contributed by atoms with Gasteiger partial charge in [0.15, 0.2) is 0 Å². The molecule has 1 aromatic rings. The third kappa shape index (κ3) is 2.83. The molecule has 0 atom stereocenters. The van der Waals surface area contributed by atoms with Gasteiger partial charge in [0.1, 0.15) is 0 Å². The summed E-state index contributed by atoms with van der Waals surface area (Å²) in [5.41, 5.74) is 0.832. The highest BCUT2D eigenvalue weighted by atomic mass is 32.3. The maximum Gasteiger partial charge on any atom is 0.490 e. The molecule has 0 saturated carbocycles. The van der Waals surface area contributed by atoms with Crippen LogP contribution in [-0.4, -0.2) is 13.4 Å². The predicted octanol–water partition coefficient (Wildman–Crippen LogP) is 0.983. The molecule has 0 spiro atoms. The molecule has 0 N–H and O–H groups in total. The van der Waals surface area contributed by atoms with E-state index in [1.807, 2.05) is 0 Å². The Bertz CT molecular complexity index is 359. The zero-order valence-electron chi connectivity index (χ0n) is 6.19. The quantitative estimate of drug-likeness (QED) is 0.654.